The Morgan fingerprint density at radius 1 is 1.27 bits per heavy atom. The van der Waals surface area contributed by atoms with E-state index < -0.39 is 0 Å². The highest BCUT2D eigenvalue weighted by Gasteiger charge is 2.45. The molecule has 142 valence electrons. The number of carbonyl (C=O) groups excluding carboxylic acids is 1. The van der Waals surface area contributed by atoms with Crippen LogP contribution in [-0.2, 0) is 16.1 Å². The lowest BCUT2D eigenvalue weighted by Gasteiger charge is -2.44. The number of benzene rings is 1. The summed E-state index contributed by atoms with van der Waals surface area (Å²) < 4.78 is 5.39. The number of hydrogen-bond donors (Lipinski definition) is 0. The fourth-order valence-corrected chi connectivity index (χ4v) is 4.13. The van der Waals surface area contributed by atoms with Gasteiger partial charge in [0.15, 0.2) is 0 Å². The van der Waals surface area contributed by atoms with Gasteiger partial charge in [-0.25, -0.2) is 0 Å². The summed E-state index contributed by atoms with van der Waals surface area (Å²) in [5, 5.41) is 9.46. The largest absolute Gasteiger partial charge is 0.466 e. The molecule has 4 nitrogen and oxygen atoms in total. The number of nitrogens with zero attached hydrogens (tertiary/aromatic N) is 2. The normalized spacial score (nSPS) is 18.0. The molecule has 0 aromatic heterocycles. The summed E-state index contributed by atoms with van der Waals surface area (Å²) in [7, 11) is 0. The zero-order chi connectivity index (χ0) is 18.8. The van der Waals surface area contributed by atoms with Crippen molar-refractivity contribution in [3.05, 3.63) is 35.9 Å². The van der Waals surface area contributed by atoms with Gasteiger partial charge >= 0.3 is 5.97 Å². The summed E-state index contributed by atoms with van der Waals surface area (Å²) >= 11 is 0. The zero-order valence-electron chi connectivity index (χ0n) is 16.2. The molecular formula is C22H32N2O2. The van der Waals surface area contributed by atoms with Gasteiger partial charge in [-0.1, -0.05) is 50.1 Å². The minimum Gasteiger partial charge on any atom is -0.466 e. The molecule has 1 aliphatic heterocycles. The smallest absolute Gasteiger partial charge is 0.309 e. The standard InChI is InChI=1S/C22H32N2O2/c1-3-5-11-20(21(25)26-4-2)22(12-15-23)13-16-24(17-14-22)18-19-9-7-6-8-10-19/h6-10,20H,3-5,11-14,16-18H2,1-2H3. The molecule has 1 saturated heterocycles. The lowest BCUT2D eigenvalue weighted by molar-refractivity contribution is -0.155. The van der Waals surface area contributed by atoms with Gasteiger partial charge in [0.05, 0.1) is 18.6 Å². The Morgan fingerprint density at radius 2 is 1.96 bits per heavy atom. The Hall–Kier alpha value is -1.86. The van der Waals surface area contributed by atoms with E-state index in [9.17, 15) is 10.1 Å². The number of likely N-dealkylation sites (tertiary alicyclic amines) is 1. The predicted octanol–water partition coefficient (Wildman–Crippen LogP) is 4.55. The van der Waals surface area contributed by atoms with Gasteiger partial charge in [-0.3, -0.25) is 9.69 Å². The Morgan fingerprint density at radius 3 is 2.54 bits per heavy atom. The topological polar surface area (TPSA) is 53.3 Å². The molecule has 0 bridgehead atoms. The number of ether oxygens (including phenoxy) is 1. The number of hydrogen-bond acceptors (Lipinski definition) is 4. The van der Waals surface area contributed by atoms with Gasteiger partial charge < -0.3 is 4.74 Å². The third-order valence-electron chi connectivity index (χ3n) is 5.69. The number of esters is 1. The second kappa shape index (κ2) is 10.3. The van der Waals surface area contributed by atoms with Crippen LogP contribution >= 0.6 is 0 Å². The van der Waals surface area contributed by atoms with Crippen LogP contribution in [0.5, 0.6) is 0 Å². The fraction of sp³-hybridized carbons (Fsp3) is 0.636. The van der Waals surface area contributed by atoms with Crippen LogP contribution in [0, 0.1) is 22.7 Å². The van der Waals surface area contributed by atoms with E-state index in [2.05, 4.69) is 42.2 Å². The van der Waals surface area contributed by atoms with Gasteiger partial charge in [-0.2, -0.15) is 5.26 Å². The number of rotatable bonds is 9. The van der Waals surface area contributed by atoms with Crippen molar-refractivity contribution >= 4 is 5.97 Å². The number of carbonyl (C=O) groups is 1. The first kappa shape index (κ1) is 20.5. The minimum atomic E-state index is -0.233. The molecule has 1 aromatic carbocycles. The molecule has 1 fully saturated rings. The Balaban J connectivity index is 2.08. The van der Waals surface area contributed by atoms with Crippen molar-refractivity contribution in [1.82, 2.24) is 4.90 Å². The first-order chi connectivity index (χ1) is 12.6. The molecule has 1 aromatic rings. The van der Waals surface area contributed by atoms with Crippen molar-refractivity contribution in [1.29, 1.82) is 5.26 Å². The molecule has 1 unspecified atom stereocenters. The van der Waals surface area contributed by atoms with Crippen molar-refractivity contribution in [3.8, 4) is 6.07 Å². The lowest BCUT2D eigenvalue weighted by atomic mass is 9.65. The minimum absolute atomic E-state index is 0.104. The third-order valence-corrected chi connectivity index (χ3v) is 5.69. The van der Waals surface area contributed by atoms with Crippen molar-refractivity contribution in [2.45, 2.75) is 58.9 Å². The molecule has 0 amide bonds. The summed E-state index contributed by atoms with van der Waals surface area (Å²) in [6.07, 6.45) is 5.11. The van der Waals surface area contributed by atoms with E-state index in [1.54, 1.807) is 0 Å². The first-order valence-electron chi connectivity index (χ1n) is 9.95. The van der Waals surface area contributed by atoms with Crippen molar-refractivity contribution in [2.24, 2.45) is 11.3 Å². The molecule has 0 N–H and O–H groups in total. The second-order valence-electron chi connectivity index (χ2n) is 7.41. The molecule has 0 spiro atoms. The van der Waals surface area contributed by atoms with E-state index in [1.165, 1.54) is 5.56 Å². The summed E-state index contributed by atoms with van der Waals surface area (Å²) in [5.74, 6) is -0.256. The monoisotopic (exact) mass is 356 g/mol. The lowest BCUT2D eigenvalue weighted by Crippen LogP contribution is -2.46. The summed E-state index contributed by atoms with van der Waals surface area (Å²) in [5.41, 5.74) is 1.08. The van der Waals surface area contributed by atoms with Crippen molar-refractivity contribution in [3.63, 3.8) is 0 Å². The molecule has 1 atom stereocenters. The van der Waals surface area contributed by atoms with Crippen LogP contribution in [0.4, 0.5) is 0 Å². The van der Waals surface area contributed by atoms with E-state index in [0.29, 0.717) is 13.0 Å². The summed E-state index contributed by atoms with van der Waals surface area (Å²) in [6, 6.07) is 12.9. The maximum atomic E-state index is 12.7. The number of unbranched alkanes of at least 4 members (excludes halogenated alkanes) is 1. The van der Waals surface area contributed by atoms with E-state index >= 15 is 0 Å². The molecule has 1 heterocycles. The molecule has 2 rings (SSSR count). The van der Waals surface area contributed by atoms with Crippen molar-refractivity contribution < 1.29 is 9.53 Å². The van der Waals surface area contributed by atoms with E-state index in [4.69, 9.17) is 4.74 Å². The highest BCUT2D eigenvalue weighted by molar-refractivity contribution is 5.73. The molecule has 0 aliphatic carbocycles. The van der Waals surface area contributed by atoms with Gasteiger partial charge in [-0.15, -0.1) is 0 Å². The first-order valence-corrected chi connectivity index (χ1v) is 9.95. The van der Waals surface area contributed by atoms with E-state index in [-0.39, 0.29) is 17.3 Å². The number of nitriles is 1. The van der Waals surface area contributed by atoms with E-state index in [0.717, 1.165) is 51.7 Å². The van der Waals surface area contributed by atoms with Gasteiger partial charge in [0.25, 0.3) is 0 Å². The molecule has 0 saturated carbocycles. The quantitative estimate of drug-likeness (QED) is 0.609. The molecule has 0 radical (unpaired) electrons. The van der Waals surface area contributed by atoms with Crippen LogP contribution in [0.2, 0.25) is 0 Å². The van der Waals surface area contributed by atoms with Gasteiger partial charge in [0, 0.05) is 13.0 Å². The maximum absolute atomic E-state index is 12.7. The van der Waals surface area contributed by atoms with Gasteiger partial charge in [0.2, 0.25) is 0 Å². The molecule has 26 heavy (non-hydrogen) atoms. The number of piperidine rings is 1. The molecular weight excluding hydrogens is 324 g/mol. The third kappa shape index (κ3) is 5.32. The Kier molecular flexibility index (Phi) is 8.12. The van der Waals surface area contributed by atoms with Gasteiger partial charge in [0.1, 0.15) is 0 Å². The fourth-order valence-electron chi connectivity index (χ4n) is 4.13. The second-order valence-corrected chi connectivity index (χ2v) is 7.41. The Labute approximate surface area is 158 Å². The van der Waals surface area contributed by atoms with Gasteiger partial charge in [-0.05, 0) is 50.3 Å². The van der Waals surface area contributed by atoms with Crippen LogP contribution in [0.1, 0.15) is 57.9 Å². The average Bonchev–Trinajstić information content (AvgIpc) is 2.65. The average molecular weight is 357 g/mol. The van der Waals surface area contributed by atoms with E-state index in [1.807, 2.05) is 13.0 Å². The Bertz CT molecular complexity index is 586. The highest BCUT2D eigenvalue weighted by Crippen LogP contribution is 2.45. The van der Waals surface area contributed by atoms with Crippen molar-refractivity contribution in [2.75, 3.05) is 19.7 Å². The van der Waals surface area contributed by atoms with Crippen LogP contribution < -0.4 is 0 Å². The van der Waals surface area contributed by atoms with Crippen LogP contribution in [0.3, 0.4) is 0 Å². The van der Waals surface area contributed by atoms with Crippen LogP contribution in [0.25, 0.3) is 0 Å². The molecule has 4 heteroatoms. The zero-order valence-corrected chi connectivity index (χ0v) is 16.2. The summed E-state index contributed by atoms with van der Waals surface area (Å²) in [4.78, 5) is 15.1. The predicted molar refractivity (Wildman–Crippen MR) is 103 cm³/mol. The van der Waals surface area contributed by atoms with Crippen LogP contribution in [0.15, 0.2) is 30.3 Å². The molecule has 1 aliphatic rings. The highest BCUT2D eigenvalue weighted by atomic mass is 16.5. The maximum Gasteiger partial charge on any atom is 0.309 e. The van der Waals surface area contributed by atoms with Crippen LogP contribution in [-0.4, -0.2) is 30.6 Å². The summed E-state index contributed by atoms with van der Waals surface area (Å²) in [6.45, 7) is 7.19. The SMILES string of the molecule is CCCCC(C(=O)OCC)C1(CC#N)CCN(Cc2ccccc2)CC1.